The number of anilines is 1. The van der Waals surface area contributed by atoms with Crippen LogP contribution in [0, 0.1) is 0 Å². The second-order valence-electron chi connectivity index (χ2n) is 9.07. The van der Waals surface area contributed by atoms with Crippen molar-refractivity contribution in [2.24, 2.45) is 0 Å². The second-order valence-corrected chi connectivity index (χ2v) is 9.07. The summed E-state index contributed by atoms with van der Waals surface area (Å²) in [4.78, 5) is 52.2. The first-order valence-electron chi connectivity index (χ1n) is 11.5. The number of nitrogens with one attached hydrogen (secondary N) is 1. The quantitative estimate of drug-likeness (QED) is 0.235. The number of nitrogens with zero attached hydrogens (tertiary/aromatic N) is 1. The van der Waals surface area contributed by atoms with Gasteiger partial charge in [0.25, 0.3) is 23.6 Å². The van der Waals surface area contributed by atoms with E-state index in [-0.39, 0.29) is 33.0 Å². The largest absolute Gasteiger partial charge is 0.417 e. The fourth-order valence-electron chi connectivity index (χ4n) is 5.14. The van der Waals surface area contributed by atoms with Crippen molar-refractivity contribution in [2.45, 2.75) is 12.4 Å². The zero-order valence-electron chi connectivity index (χ0n) is 19.7. The van der Waals surface area contributed by atoms with Gasteiger partial charge in [0.1, 0.15) is 0 Å². The molecule has 0 saturated carbocycles. The zero-order valence-corrected chi connectivity index (χ0v) is 19.7. The normalized spacial score (nSPS) is 15.1. The maximum absolute atomic E-state index is 14.2. The number of hydrogen-bond donors (Lipinski definition) is 1. The number of amides is 4. The van der Waals surface area contributed by atoms with Gasteiger partial charge < -0.3 is 0 Å². The first-order chi connectivity index (χ1) is 18.8. The van der Waals surface area contributed by atoms with Crippen LogP contribution in [0.3, 0.4) is 0 Å². The van der Waals surface area contributed by atoms with Crippen molar-refractivity contribution in [3.05, 3.63) is 100 Å². The fraction of sp³-hybridized carbons (Fsp3) is 0.0714. The molecule has 0 fully saturated rings. The predicted molar refractivity (Wildman–Crippen MR) is 129 cm³/mol. The third-order valence-electron chi connectivity index (χ3n) is 6.83. The number of carbonyl (C=O) groups excluding carboxylic acids is 4. The molecule has 2 aliphatic rings. The van der Waals surface area contributed by atoms with E-state index < -0.39 is 63.9 Å². The van der Waals surface area contributed by atoms with Gasteiger partial charge in [0, 0.05) is 33.0 Å². The number of rotatable bonds is 2. The van der Waals surface area contributed by atoms with E-state index in [0.717, 1.165) is 30.3 Å². The molecule has 0 radical (unpaired) electrons. The van der Waals surface area contributed by atoms with Crippen molar-refractivity contribution in [1.82, 2.24) is 5.32 Å². The van der Waals surface area contributed by atoms with Crippen LogP contribution >= 0.6 is 0 Å². The lowest BCUT2D eigenvalue weighted by atomic mass is 9.86. The van der Waals surface area contributed by atoms with Crippen LogP contribution in [0.15, 0.2) is 66.7 Å². The van der Waals surface area contributed by atoms with Gasteiger partial charge in [0.15, 0.2) is 0 Å². The van der Waals surface area contributed by atoms with E-state index >= 15 is 0 Å². The molecule has 12 heteroatoms. The lowest BCUT2D eigenvalue weighted by Gasteiger charge is -2.30. The lowest BCUT2D eigenvalue weighted by Crippen LogP contribution is -2.42. The smallest absolute Gasteiger partial charge is 0.288 e. The Labute approximate surface area is 219 Å². The van der Waals surface area contributed by atoms with Gasteiger partial charge in [-0.15, -0.1) is 0 Å². The minimum absolute atomic E-state index is 0.0104. The van der Waals surface area contributed by atoms with E-state index in [1.54, 1.807) is 0 Å². The van der Waals surface area contributed by atoms with Crippen molar-refractivity contribution in [2.75, 3.05) is 4.90 Å². The summed E-state index contributed by atoms with van der Waals surface area (Å²) < 4.78 is 83.4. The van der Waals surface area contributed by atoms with Crippen LogP contribution in [0.1, 0.15) is 52.6 Å². The van der Waals surface area contributed by atoms with E-state index in [2.05, 4.69) is 5.32 Å². The number of carbonyl (C=O) groups is 4. The molecule has 6 rings (SSSR count). The summed E-state index contributed by atoms with van der Waals surface area (Å²) in [5, 5.41) is 2.22. The van der Waals surface area contributed by atoms with Crippen molar-refractivity contribution in [1.29, 1.82) is 0 Å². The highest BCUT2D eigenvalue weighted by Gasteiger charge is 2.41. The van der Waals surface area contributed by atoms with Gasteiger partial charge in [-0.2, -0.15) is 26.3 Å². The molecule has 6 nitrogen and oxygen atoms in total. The highest BCUT2D eigenvalue weighted by atomic mass is 19.4. The molecule has 0 aliphatic carbocycles. The number of benzene rings is 4. The highest BCUT2D eigenvalue weighted by Crippen LogP contribution is 2.45. The van der Waals surface area contributed by atoms with Crippen LogP contribution in [0.4, 0.5) is 32.0 Å². The SMILES string of the molecule is O=C1NC(=O)c2ccc3c4c(ccc1c24)C(=O)N(c1ccc(-c2ccccc2C(F)(F)F)c(C(F)(F)F)c1)C3=O. The molecular weight excluding hydrogens is 542 g/mol. The predicted octanol–water partition coefficient (Wildman–Crippen LogP) is 6.23. The van der Waals surface area contributed by atoms with Crippen molar-refractivity contribution < 1.29 is 45.5 Å². The highest BCUT2D eigenvalue weighted by molar-refractivity contribution is 6.39. The molecule has 0 saturated heterocycles. The maximum Gasteiger partial charge on any atom is 0.417 e. The summed E-state index contributed by atoms with van der Waals surface area (Å²) >= 11 is 0. The van der Waals surface area contributed by atoms with Gasteiger partial charge in [-0.25, -0.2) is 4.90 Å². The zero-order chi connectivity index (χ0) is 28.7. The Morgan fingerprint density at radius 3 is 1.52 bits per heavy atom. The Balaban J connectivity index is 1.54. The Kier molecular flexibility index (Phi) is 5.21. The molecule has 40 heavy (non-hydrogen) atoms. The van der Waals surface area contributed by atoms with E-state index in [1.807, 2.05) is 0 Å². The van der Waals surface area contributed by atoms with Crippen molar-refractivity contribution >= 4 is 40.1 Å². The van der Waals surface area contributed by atoms with E-state index in [1.165, 1.54) is 24.3 Å². The molecule has 4 amide bonds. The van der Waals surface area contributed by atoms with Gasteiger partial charge >= 0.3 is 12.4 Å². The van der Waals surface area contributed by atoms with Crippen LogP contribution in [0.2, 0.25) is 0 Å². The number of halogens is 6. The van der Waals surface area contributed by atoms with Crippen molar-refractivity contribution in [3.63, 3.8) is 0 Å². The number of alkyl halides is 6. The average Bonchev–Trinajstić information content (AvgIpc) is 2.89. The molecule has 0 spiro atoms. The van der Waals surface area contributed by atoms with Crippen LogP contribution < -0.4 is 10.2 Å². The molecular formula is C28H12F6N2O4. The summed E-state index contributed by atoms with van der Waals surface area (Å²) in [5.41, 5.74) is -5.01. The van der Waals surface area contributed by atoms with Crippen LogP contribution in [-0.2, 0) is 12.4 Å². The standard InChI is InChI=1S/C28H12F6N2O4/c29-27(30,31)19-4-2-1-3-13(19)14-6-5-12(11-20(14)28(32,33)34)36-25(39)17-9-7-15-21-16(24(38)35-23(15)37)8-10-18(22(17)21)26(36)40/h1-11H,(H,35,37,38). The van der Waals surface area contributed by atoms with Crippen LogP contribution in [0.5, 0.6) is 0 Å². The molecule has 2 heterocycles. The lowest BCUT2D eigenvalue weighted by molar-refractivity contribution is -0.139. The Bertz CT molecular complexity index is 1770. The third kappa shape index (κ3) is 3.59. The Hall–Kier alpha value is -5.00. The summed E-state index contributed by atoms with van der Waals surface area (Å²) in [5.74, 6) is -3.55. The monoisotopic (exact) mass is 554 g/mol. The van der Waals surface area contributed by atoms with E-state index in [4.69, 9.17) is 0 Å². The van der Waals surface area contributed by atoms with Crippen LogP contribution in [0.25, 0.3) is 21.9 Å². The molecule has 200 valence electrons. The van der Waals surface area contributed by atoms with Gasteiger partial charge in [-0.3, -0.25) is 24.5 Å². The summed E-state index contributed by atoms with van der Waals surface area (Å²) in [6.07, 6.45) is -10.1. The number of imide groups is 2. The first-order valence-corrected chi connectivity index (χ1v) is 11.5. The molecule has 0 bridgehead atoms. The molecule has 0 atom stereocenters. The molecule has 0 aromatic heterocycles. The van der Waals surface area contributed by atoms with Gasteiger partial charge in [0.05, 0.1) is 16.8 Å². The van der Waals surface area contributed by atoms with Crippen molar-refractivity contribution in [3.8, 4) is 11.1 Å². The van der Waals surface area contributed by atoms with Gasteiger partial charge in [-0.1, -0.05) is 24.3 Å². The van der Waals surface area contributed by atoms with Crippen LogP contribution in [-0.4, -0.2) is 23.6 Å². The average molecular weight is 554 g/mol. The Morgan fingerprint density at radius 2 is 0.975 bits per heavy atom. The van der Waals surface area contributed by atoms with E-state index in [0.29, 0.717) is 17.0 Å². The maximum atomic E-state index is 14.2. The molecule has 2 aliphatic heterocycles. The second kappa shape index (κ2) is 8.25. The Morgan fingerprint density at radius 1 is 0.525 bits per heavy atom. The number of hydrogen-bond acceptors (Lipinski definition) is 4. The summed E-state index contributed by atoms with van der Waals surface area (Å²) in [6, 6.07) is 10.9. The minimum atomic E-state index is -5.15. The fourth-order valence-corrected chi connectivity index (χ4v) is 5.14. The summed E-state index contributed by atoms with van der Waals surface area (Å²) in [7, 11) is 0. The topological polar surface area (TPSA) is 83.6 Å². The molecule has 0 unspecified atom stereocenters. The third-order valence-corrected chi connectivity index (χ3v) is 6.83. The first kappa shape index (κ1) is 25.3. The summed E-state index contributed by atoms with van der Waals surface area (Å²) in [6.45, 7) is 0. The molecule has 1 N–H and O–H groups in total. The van der Waals surface area contributed by atoms with Gasteiger partial charge in [0.2, 0.25) is 0 Å². The van der Waals surface area contributed by atoms with Gasteiger partial charge in [-0.05, 0) is 53.6 Å². The minimum Gasteiger partial charge on any atom is -0.288 e. The van der Waals surface area contributed by atoms with E-state index in [9.17, 15) is 45.5 Å². The molecule has 4 aromatic rings. The molecule has 4 aromatic carbocycles.